The molecule has 1 aliphatic rings. The van der Waals surface area contributed by atoms with E-state index in [1.165, 1.54) is 27.9 Å². The Bertz CT molecular complexity index is 1440. The molecule has 1 unspecified atom stereocenters. The molecular weight excluding hydrogens is 520 g/mol. The zero-order chi connectivity index (χ0) is 29.4. The van der Waals surface area contributed by atoms with E-state index in [0.29, 0.717) is 6.61 Å². The van der Waals surface area contributed by atoms with E-state index in [0.717, 1.165) is 62.6 Å². The average molecular weight is 565 g/mol. The summed E-state index contributed by atoms with van der Waals surface area (Å²) in [5, 5.41) is 0. The van der Waals surface area contributed by atoms with E-state index in [4.69, 9.17) is 14.2 Å². The minimum absolute atomic E-state index is 0.173. The normalized spacial score (nSPS) is 16.0. The maximum absolute atomic E-state index is 6.56. The van der Waals surface area contributed by atoms with Crippen LogP contribution in [-0.2, 0) is 18.3 Å². The molecule has 0 aliphatic carbocycles. The molecule has 0 N–H and O–H groups in total. The molecular formula is C37H44N2O3. The zero-order valence-electron chi connectivity index (χ0n) is 25.5. The summed E-state index contributed by atoms with van der Waals surface area (Å²) >= 11 is 0. The van der Waals surface area contributed by atoms with Crippen LogP contribution in [0.4, 0.5) is 5.69 Å². The summed E-state index contributed by atoms with van der Waals surface area (Å²) < 4.78 is 17.4. The fourth-order valence-electron chi connectivity index (χ4n) is 6.33. The average Bonchev–Trinajstić information content (AvgIpc) is 3.32. The van der Waals surface area contributed by atoms with Gasteiger partial charge in [-0.3, -0.25) is 0 Å². The molecule has 1 aliphatic heterocycles. The summed E-state index contributed by atoms with van der Waals surface area (Å²) in [6.45, 7) is 3.66. The van der Waals surface area contributed by atoms with Crippen molar-refractivity contribution >= 4 is 5.69 Å². The molecule has 0 amide bonds. The van der Waals surface area contributed by atoms with Crippen molar-refractivity contribution in [1.29, 1.82) is 0 Å². The Labute approximate surface area is 251 Å². The van der Waals surface area contributed by atoms with Gasteiger partial charge in [-0.25, -0.2) is 0 Å². The van der Waals surface area contributed by atoms with Crippen molar-refractivity contribution in [2.45, 2.75) is 31.1 Å². The molecule has 0 aromatic heterocycles. The summed E-state index contributed by atoms with van der Waals surface area (Å²) in [6.07, 6.45) is 4.00. The minimum atomic E-state index is -0.173. The number of para-hydroxylation sites is 2. The second-order valence-corrected chi connectivity index (χ2v) is 11.4. The van der Waals surface area contributed by atoms with Crippen molar-refractivity contribution in [3.05, 3.63) is 119 Å². The van der Waals surface area contributed by atoms with Crippen molar-refractivity contribution in [2.24, 2.45) is 0 Å². The van der Waals surface area contributed by atoms with Crippen LogP contribution in [0.2, 0.25) is 0 Å². The Morgan fingerprint density at radius 2 is 1.43 bits per heavy atom. The van der Waals surface area contributed by atoms with Gasteiger partial charge in [-0.05, 0) is 80.2 Å². The number of anilines is 1. The molecule has 0 saturated heterocycles. The Morgan fingerprint density at radius 3 is 2.21 bits per heavy atom. The number of ether oxygens (including phenoxy) is 3. The number of fused-ring (bicyclic) bond motifs is 1. The number of unbranched alkanes of at least 4 members (excludes halogenated alkanes) is 1. The molecule has 0 fully saturated rings. The van der Waals surface area contributed by atoms with Crippen molar-refractivity contribution in [1.82, 2.24) is 4.90 Å². The van der Waals surface area contributed by atoms with E-state index in [1.54, 1.807) is 14.2 Å². The molecule has 0 saturated carbocycles. The molecule has 0 spiro atoms. The molecule has 1 heterocycles. The van der Waals surface area contributed by atoms with Crippen LogP contribution in [0.15, 0.2) is 97.1 Å². The standard InChI is InChI=1S/C37H44N2O3/c1-38(24-22-29-20-21-35(40-3)36(26-29)41-4)23-12-13-25-42-34-19-11-9-17-32(34)37(27-30-14-6-5-7-15-30)28-39(2)33-18-10-8-16-31(33)37/h5-11,14-21,26H,12-13,22-25,27-28H2,1-4H3. The van der Waals surface area contributed by atoms with E-state index in [1.807, 2.05) is 6.07 Å². The molecule has 4 aromatic rings. The maximum atomic E-state index is 6.56. The van der Waals surface area contributed by atoms with Gasteiger partial charge in [0.05, 0.1) is 20.8 Å². The van der Waals surface area contributed by atoms with Gasteiger partial charge in [0, 0.05) is 36.8 Å². The number of hydrogen-bond acceptors (Lipinski definition) is 5. The van der Waals surface area contributed by atoms with E-state index < -0.39 is 0 Å². The van der Waals surface area contributed by atoms with Crippen molar-refractivity contribution in [3.8, 4) is 17.2 Å². The Kier molecular flexibility index (Phi) is 9.70. The molecule has 220 valence electrons. The maximum Gasteiger partial charge on any atom is 0.160 e. The number of rotatable bonds is 14. The second-order valence-electron chi connectivity index (χ2n) is 11.4. The minimum Gasteiger partial charge on any atom is -0.493 e. The van der Waals surface area contributed by atoms with Gasteiger partial charge in [-0.2, -0.15) is 0 Å². The first-order valence-corrected chi connectivity index (χ1v) is 15.0. The second kappa shape index (κ2) is 13.8. The van der Waals surface area contributed by atoms with Gasteiger partial charge < -0.3 is 24.0 Å². The van der Waals surface area contributed by atoms with Crippen LogP contribution in [0.5, 0.6) is 17.2 Å². The van der Waals surface area contributed by atoms with E-state index in [2.05, 4.69) is 115 Å². The largest absolute Gasteiger partial charge is 0.493 e. The van der Waals surface area contributed by atoms with Crippen LogP contribution >= 0.6 is 0 Å². The summed E-state index contributed by atoms with van der Waals surface area (Å²) in [4.78, 5) is 4.79. The van der Waals surface area contributed by atoms with Crippen molar-refractivity contribution in [3.63, 3.8) is 0 Å². The topological polar surface area (TPSA) is 34.2 Å². The number of likely N-dealkylation sites (N-methyl/N-ethyl adjacent to an activating group) is 2. The number of methoxy groups -OCH3 is 2. The third-order valence-corrected chi connectivity index (χ3v) is 8.51. The number of nitrogens with zero attached hydrogens (tertiary/aromatic N) is 2. The first-order chi connectivity index (χ1) is 20.5. The van der Waals surface area contributed by atoms with Gasteiger partial charge >= 0.3 is 0 Å². The highest BCUT2D eigenvalue weighted by Gasteiger charge is 2.44. The van der Waals surface area contributed by atoms with Crippen LogP contribution in [0, 0.1) is 0 Å². The van der Waals surface area contributed by atoms with Crippen LogP contribution < -0.4 is 19.1 Å². The third-order valence-electron chi connectivity index (χ3n) is 8.51. The summed E-state index contributed by atoms with van der Waals surface area (Å²) in [7, 11) is 7.75. The van der Waals surface area contributed by atoms with Gasteiger partial charge in [0.2, 0.25) is 0 Å². The number of benzene rings is 4. The Morgan fingerprint density at radius 1 is 0.714 bits per heavy atom. The fourth-order valence-corrected chi connectivity index (χ4v) is 6.33. The molecule has 4 aromatic carbocycles. The lowest BCUT2D eigenvalue weighted by atomic mass is 9.71. The van der Waals surface area contributed by atoms with Crippen molar-refractivity contribution < 1.29 is 14.2 Å². The molecule has 0 bridgehead atoms. The number of hydrogen-bond donors (Lipinski definition) is 0. The van der Waals surface area contributed by atoms with E-state index in [-0.39, 0.29) is 5.41 Å². The predicted octanol–water partition coefficient (Wildman–Crippen LogP) is 7.02. The van der Waals surface area contributed by atoms with E-state index in [9.17, 15) is 0 Å². The van der Waals surface area contributed by atoms with Crippen LogP contribution in [0.3, 0.4) is 0 Å². The molecule has 5 heteroatoms. The quantitative estimate of drug-likeness (QED) is 0.154. The summed E-state index contributed by atoms with van der Waals surface area (Å²) in [5.74, 6) is 2.56. The highest BCUT2D eigenvalue weighted by molar-refractivity contribution is 5.67. The molecule has 42 heavy (non-hydrogen) atoms. The van der Waals surface area contributed by atoms with Gasteiger partial charge in [0.15, 0.2) is 11.5 Å². The summed E-state index contributed by atoms with van der Waals surface area (Å²) in [6, 6.07) is 34.6. The van der Waals surface area contributed by atoms with E-state index >= 15 is 0 Å². The van der Waals surface area contributed by atoms with Gasteiger partial charge in [0.25, 0.3) is 0 Å². The third kappa shape index (κ3) is 6.57. The molecule has 5 nitrogen and oxygen atoms in total. The highest BCUT2D eigenvalue weighted by atomic mass is 16.5. The molecule has 1 atom stereocenters. The van der Waals surface area contributed by atoms with Crippen LogP contribution in [-0.4, -0.2) is 59.5 Å². The SMILES string of the molecule is COc1ccc(CCN(C)CCCCOc2ccccc2C2(Cc3ccccc3)CN(C)c3ccccc32)cc1OC. The smallest absolute Gasteiger partial charge is 0.160 e. The highest BCUT2D eigenvalue weighted by Crippen LogP contribution is 2.49. The fraction of sp³-hybridized carbons (Fsp3) is 0.351. The first kappa shape index (κ1) is 29.5. The van der Waals surface area contributed by atoms with Crippen LogP contribution in [0.1, 0.15) is 35.1 Å². The van der Waals surface area contributed by atoms with Gasteiger partial charge in [0.1, 0.15) is 5.75 Å². The van der Waals surface area contributed by atoms with Crippen molar-refractivity contribution in [2.75, 3.05) is 59.5 Å². The zero-order valence-corrected chi connectivity index (χ0v) is 25.5. The van der Waals surface area contributed by atoms with Crippen LogP contribution in [0.25, 0.3) is 0 Å². The van der Waals surface area contributed by atoms with Gasteiger partial charge in [-0.15, -0.1) is 0 Å². The Balaban J connectivity index is 1.21. The lowest BCUT2D eigenvalue weighted by Crippen LogP contribution is -2.36. The Hall–Kier alpha value is -3.96. The molecule has 5 rings (SSSR count). The molecule has 0 radical (unpaired) electrons. The lowest BCUT2D eigenvalue weighted by molar-refractivity contribution is 0.275. The predicted molar refractivity (Wildman–Crippen MR) is 173 cm³/mol. The summed E-state index contributed by atoms with van der Waals surface area (Å²) in [5.41, 5.74) is 6.38. The first-order valence-electron chi connectivity index (χ1n) is 15.0. The van der Waals surface area contributed by atoms with Gasteiger partial charge in [-0.1, -0.05) is 72.8 Å². The lowest BCUT2D eigenvalue weighted by Gasteiger charge is -2.33. The monoisotopic (exact) mass is 564 g/mol.